The molecule has 1 aliphatic rings. The van der Waals surface area contributed by atoms with E-state index in [0.717, 1.165) is 11.3 Å². The molecule has 0 spiro atoms. The molecule has 1 unspecified atom stereocenters. The number of nitrogens with one attached hydrogen (secondary N) is 1. The van der Waals surface area contributed by atoms with Gasteiger partial charge in [0.15, 0.2) is 0 Å². The van der Waals surface area contributed by atoms with Gasteiger partial charge in [0.05, 0.1) is 18.2 Å². The lowest BCUT2D eigenvalue weighted by molar-refractivity contribution is -0.121. The predicted molar refractivity (Wildman–Crippen MR) is 85.4 cm³/mol. The van der Waals surface area contributed by atoms with Gasteiger partial charge in [-0.05, 0) is 42.8 Å². The number of rotatable bonds is 5. The summed E-state index contributed by atoms with van der Waals surface area (Å²) in [6.45, 7) is 0.616. The Hall–Kier alpha value is -2.53. The topological polar surface area (TPSA) is 49.4 Å². The van der Waals surface area contributed by atoms with Gasteiger partial charge in [0.1, 0.15) is 5.82 Å². The fraction of sp³-hybridized carbons (Fsp3) is 0.222. The van der Waals surface area contributed by atoms with E-state index in [1.807, 2.05) is 30.3 Å². The molecule has 1 N–H and O–H groups in total. The first-order valence-electron chi connectivity index (χ1n) is 7.55. The van der Waals surface area contributed by atoms with E-state index in [1.54, 1.807) is 0 Å². The highest BCUT2D eigenvalue weighted by atomic mass is 19.1. The second kappa shape index (κ2) is 6.71. The number of anilines is 1. The van der Waals surface area contributed by atoms with Crippen molar-refractivity contribution >= 4 is 17.5 Å². The molecule has 0 radical (unpaired) electrons. The second-order valence-corrected chi connectivity index (χ2v) is 5.49. The van der Waals surface area contributed by atoms with Crippen LogP contribution < -0.4 is 10.2 Å². The molecule has 5 heteroatoms. The van der Waals surface area contributed by atoms with E-state index < -0.39 is 11.9 Å². The molecule has 0 aliphatic carbocycles. The normalized spacial score (nSPS) is 17.8. The highest BCUT2D eigenvalue weighted by Crippen LogP contribution is 2.23. The SMILES string of the molecule is O=C1CC(NCCc2ccccc2)C(=O)N1c1ccc(F)cc1. The number of benzene rings is 2. The molecule has 0 bridgehead atoms. The van der Waals surface area contributed by atoms with Gasteiger partial charge in [-0.1, -0.05) is 30.3 Å². The van der Waals surface area contributed by atoms with Crippen LogP contribution in [-0.2, 0) is 16.0 Å². The highest BCUT2D eigenvalue weighted by Gasteiger charge is 2.39. The van der Waals surface area contributed by atoms with Crippen LogP contribution in [0, 0.1) is 5.82 Å². The molecule has 3 rings (SSSR count). The maximum absolute atomic E-state index is 13.0. The lowest BCUT2D eigenvalue weighted by atomic mass is 10.1. The molecule has 2 amide bonds. The third kappa shape index (κ3) is 3.46. The quantitative estimate of drug-likeness (QED) is 0.862. The van der Waals surface area contributed by atoms with Gasteiger partial charge in [0.2, 0.25) is 5.91 Å². The first-order chi connectivity index (χ1) is 11.1. The number of carbonyl (C=O) groups excluding carboxylic acids is 2. The van der Waals surface area contributed by atoms with Gasteiger partial charge < -0.3 is 5.32 Å². The van der Waals surface area contributed by atoms with Crippen molar-refractivity contribution in [3.8, 4) is 0 Å². The second-order valence-electron chi connectivity index (χ2n) is 5.49. The van der Waals surface area contributed by atoms with E-state index in [2.05, 4.69) is 5.32 Å². The smallest absolute Gasteiger partial charge is 0.251 e. The molecule has 0 aromatic heterocycles. The number of hydrogen-bond donors (Lipinski definition) is 1. The summed E-state index contributed by atoms with van der Waals surface area (Å²) >= 11 is 0. The van der Waals surface area contributed by atoms with Crippen molar-refractivity contribution in [1.82, 2.24) is 5.32 Å². The molecule has 2 aromatic rings. The average molecular weight is 312 g/mol. The standard InChI is InChI=1S/C18H17FN2O2/c19-14-6-8-15(9-7-14)21-17(22)12-16(18(21)23)20-11-10-13-4-2-1-3-5-13/h1-9,16,20H,10-12H2. The fourth-order valence-electron chi connectivity index (χ4n) is 2.69. The lowest BCUT2D eigenvalue weighted by Crippen LogP contribution is -2.39. The third-order valence-corrected chi connectivity index (χ3v) is 3.88. The monoisotopic (exact) mass is 312 g/mol. The number of imide groups is 1. The van der Waals surface area contributed by atoms with Crippen molar-refractivity contribution in [3.05, 3.63) is 66.0 Å². The molecule has 23 heavy (non-hydrogen) atoms. The molecule has 1 atom stereocenters. The fourth-order valence-corrected chi connectivity index (χ4v) is 2.69. The van der Waals surface area contributed by atoms with Gasteiger partial charge in [-0.25, -0.2) is 9.29 Å². The van der Waals surface area contributed by atoms with Crippen LogP contribution in [0.25, 0.3) is 0 Å². The number of nitrogens with zero attached hydrogens (tertiary/aromatic N) is 1. The van der Waals surface area contributed by atoms with Crippen molar-refractivity contribution in [1.29, 1.82) is 0 Å². The molecule has 4 nitrogen and oxygen atoms in total. The number of halogens is 1. The largest absolute Gasteiger partial charge is 0.305 e. The molecule has 1 fully saturated rings. The first kappa shape index (κ1) is 15.4. The number of carbonyl (C=O) groups is 2. The van der Waals surface area contributed by atoms with Crippen molar-refractivity contribution < 1.29 is 14.0 Å². The molecule has 1 heterocycles. The summed E-state index contributed by atoms with van der Waals surface area (Å²) in [6.07, 6.45) is 0.917. The van der Waals surface area contributed by atoms with Crippen LogP contribution in [0.4, 0.5) is 10.1 Å². The van der Waals surface area contributed by atoms with Crippen molar-refractivity contribution in [2.75, 3.05) is 11.4 Å². The Bertz CT molecular complexity index is 701. The molecule has 118 valence electrons. The Balaban J connectivity index is 1.61. The summed E-state index contributed by atoms with van der Waals surface area (Å²) in [7, 11) is 0. The zero-order chi connectivity index (χ0) is 16.2. The average Bonchev–Trinajstić information content (AvgIpc) is 2.84. The Morgan fingerprint density at radius 2 is 1.74 bits per heavy atom. The van der Waals surface area contributed by atoms with Gasteiger partial charge in [-0.3, -0.25) is 9.59 Å². The van der Waals surface area contributed by atoms with Gasteiger partial charge in [0.25, 0.3) is 5.91 Å². The molecule has 0 saturated carbocycles. The minimum atomic E-state index is -0.517. The summed E-state index contributed by atoms with van der Waals surface area (Å²) in [6, 6.07) is 14.8. The first-order valence-corrected chi connectivity index (χ1v) is 7.55. The molecule has 2 aromatic carbocycles. The van der Waals surface area contributed by atoms with Gasteiger partial charge >= 0.3 is 0 Å². The molecule has 1 aliphatic heterocycles. The molecular weight excluding hydrogens is 295 g/mol. The van der Waals surface area contributed by atoms with Crippen molar-refractivity contribution in [2.45, 2.75) is 18.9 Å². The summed E-state index contributed by atoms with van der Waals surface area (Å²) < 4.78 is 13.0. The van der Waals surface area contributed by atoms with Crippen molar-refractivity contribution in [2.24, 2.45) is 0 Å². The summed E-state index contributed by atoms with van der Waals surface area (Å²) in [4.78, 5) is 25.6. The van der Waals surface area contributed by atoms with E-state index in [-0.39, 0.29) is 18.2 Å². The minimum Gasteiger partial charge on any atom is -0.305 e. The lowest BCUT2D eigenvalue weighted by Gasteiger charge is -2.15. The Kier molecular flexibility index (Phi) is 4.48. The maximum atomic E-state index is 13.0. The summed E-state index contributed by atoms with van der Waals surface area (Å²) in [5.41, 5.74) is 1.58. The van der Waals surface area contributed by atoms with Crippen molar-refractivity contribution in [3.63, 3.8) is 0 Å². The number of hydrogen-bond acceptors (Lipinski definition) is 3. The Morgan fingerprint density at radius 3 is 2.43 bits per heavy atom. The Labute approximate surface area is 133 Å². The zero-order valence-electron chi connectivity index (χ0n) is 12.5. The van der Waals surface area contributed by atoms with Gasteiger partial charge in [-0.2, -0.15) is 0 Å². The molecule has 1 saturated heterocycles. The van der Waals surface area contributed by atoms with E-state index in [9.17, 15) is 14.0 Å². The zero-order valence-corrected chi connectivity index (χ0v) is 12.5. The van der Waals surface area contributed by atoms with E-state index in [0.29, 0.717) is 12.2 Å². The van der Waals surface area contributed by atoms with Crippen LogP contribution in [0.1, 0.15) is 12.0 Å². The van der Waals surface area contributed by atoms with Crippen LogP contribution in [-0.4, -0.2) is 24.4 Å². The van der Waals surface area contributed by atoms with Crippen LogP contribution >= 0.6 is 0 Å². The van der Waals surface area contributed by atoms with Crippen LogP contribution in [0.3, 0.4) is 0 Å². The van der Waals surface area contributed by atoms with Gasteiger partial charge in [0, 0.05) is 0 Å². The summed E-state index contributed by atoms with van der Waals surface area (Å²) in [5, 5.41) is 3.14. The third-order valence-electron chi connectivity index (χ3n) is 3.88. The number of amides is 2. The minimum absolute atomic E-state index is 0.130. The van der Waals surface area contributed by atoms with E-state index in [4.69, 9.17) is 0 Å². The van der Waals surface area contributed by atoms with Crippen LogP contribution in [0.5, 0.6) is 0 Å². The maximum Gasteiger partial charge on any atom is 0.251 e. The summed E-state index contributed by atoms with van der Waals surface area (Å²) in [5.74, 6) is -0.945. The molecular formula is C18H17FN2O2. The van der Waals surface area contributed by atoms with Gasteiger partial charge in [-0.15, -0.1) is 0 Å². The predicted octanol–water partition coefficient (Wildman–Crippen LogP) is 2.29. The van der Waals surface area contributed by atoms with E-state index in [1.165, 1.54) is 29.8 Å². The highest BCUT2D eigenvalue weighted by molar-refractivity contribution is 6.22. The Morgan fingerprint density at radius 1 is 1.04 bits per heavy atom. The van der Waals surface area contributed by atoms with E-state index >= 15 is 0 Å². The van der Waals surface area contributed by atoms with Crippen LogP contribution in [0.2, 0.25) is 0 Å². The van der Waals surface area contributed by atoms with Crippen LogP contribution in [0.15, 0.2) is 54.6 Å².